The third-order valence-electron chi connectivity index (χ3n) is 10.6. The zero-order valence-corrected chi connectivity index (χ0v) is 28.6. The van der Waals surface area contributed by atoms with E-state index >= 15 is 0 Å². The van der Waals surface area contributed by atoms with Crippen molar-refractivity contribution in [2.75, 3.05) is 87.1 Å². The molecule has 2 N–H and O–H groups in total. The number of piperidine rings is 1. The van der Waals surface area contributed by atoms with Crippen LogP contribution in [0.4, 0.5) is 32.5 Å². The van der Waals surface area contributed by atoms with Crippen molar-refractivity contribution in [3.63, 3.8) is 0 Å². The molecular formula is C36H44N10O4. The van der Waals surface area contributed by atoms with Crippen LogP contribution in [0.5, 0.6) is 0 Å². The number of nitrogens with one attached hydrogen (secondary N) is 2. The van der Waals surface area contributed by atoms with Gasteiger partial charge in [0.2, 0.25) is 0 Å². The molecule has 14 nitrogen and oxygen atoms in total. The second kappa shape index (κ2) is 13.8. The monoisotopic (exact) mass is 680 g/mol. The molecule has 0 aliphatic carbocycles. The fourth-order valence-corrected chi connectivity index (χ4v) is 7.72. The molecule has 2 atom stereocenters. The van der Waals surface area contributed by atoms with E-state index in [0.717, 1.165) is 85.7 Å². The highest BCUT2D eigenvalue weighted by atomic mass is 16.5. The van der Waals surface area contributed by atoms with Gasteiger partial charge in [0.1, 0.15) is 5.82 Å². The molecule has 14 heteroatoms. The van der Waals surface area contributed by atoms with Gasteiger partial charge in [-0.1, -0.05) is 0 Å². The van der Waals surface area contributed by atoms with Crippen LogP contribution in [0.25, 0.3) is 22.4 Å². The Morgan fingerprint density at radius 2 is 1.44 bits per heavy atom. The van der Waals surface area contributed by atoms with Crippen LogP contribution in [-0.2, 0) is 9.47 Å². The van der Waals surface area contributed by atoms with E-state index < -0.39 is 0 Å². The van der Waals surface area contributed by atoms with Gasteiger partial charge < -0.3 is 39.7 Å². The fourth-order valence-electron chi connectivity index (χ4n) is 7.72. The van der Waals surface area contributed by atoms with Crippen LogP contribution >= 0.6 is 0 Å². The van der Waals surface area contributed by atoms with Gasteiger partial charge in [-0.3, -0.25) is 0 Å². The van der Waals surface area contributed by atoms with Gasteiger partial charge >= 0.3 is 12.1 Å². The number of rotatable bonds is 6. The highest BCUT2D eigenvalue weighted by molar-refractivity contribution is 6.00. The second-order valence-corrected chi connectivity index (χ2v) is 13.7. The first-order chi connectivity index (χ1) is 24.4. The number of carbonyl (C=O) groups is 2. The van der Waals surface area contributed by atoms with Gasteiger partial charge in [-0.2, -0.15) is 5.10 Å². The molecule has 0 spiro atoms. The van der Waals surface area contributed by atoms with Crippen molar-refractivity contribution in [3.05, 3.63) is 54.7 Å². The zero-order chi connectivity index (χ0) is 34.2. The number of carbonyl (C=O) groups excluding carboxylic acids is 2. The zero-order valence-electron chi connectivity index (χ0n) is 28.6. The van der Waals surface area contributed by atoms with Crippen LogP contribution in [0.2, 0.25) is 0 Å². The van der Waals surface area contributed by atoms with E-state index in [2.05, 4.69) is 44.5 Å². The third kappa shape index (κ3) is 6.40. The summed E-state index contributed by atoms with van der Waals surface area (Å²) in [6, 6.07) is 15.9. The number of likely N-dealkylation sites (N-methyl/N-ethyl adjacent to an activating group) is 1. The van der Waals surface area contributed by atoms with E-state index in [1.54, 1.807) is 4.90 Å². The minimum absolute atomic E-state index is 0.0958. The lowest BCUT2D eigenvalue weighted by Gasteiger charge is -2.36. The number of anilines is 4. The largest absolute Gasteiger partial charge is 0.453 e. The van der Waals surface area contributed by atoms with E-state index in [0.29, 0.717) is 37.8 Å². The number of urea groups is 1. The quantitative estimate of drug-likeness (QED) is 0.296. The number of hydrogen-bond donors (Lipinski definition) is 2. The van der Waals surface area contributed by atoms with Crippen molar-refractivity contribution in [1.29, 1.82) is 0 Å². The van der Waals surface area contributed by atoms with Crippen molar-refractivity contribution in [2.45, 2.75) is 43.8 Å². The first-order valence-corrected chi connectivity index (χ1v) is 17.6. The number of nitrogens with zero attached hydrogens (tertiary/aromatic N) is 8. The Hall–Kier alpha value is -4.95. The Bertz CT molecular complexity index is 1820. The molecule has 4 aliphatic heterocycles. The molecule has 262 valence electrons. The average molecular weight is 681 g/mol. The summed E-state index contributed by atoms with van der Waals surface area (Å²) in [7, 11) is 3.56. The number of amides is 3. The molecular weight excluding hydrogens is 636 g/mol. The maximum atomic E-state index is 12.9. The first-order valence-electron chi connectivity index (χ1n) is 17.6. The summed E-state index contributed by atoms with van der Waals surface area (Å²) in [4.78, 5) is 44.1. The summed E-state index contributed by atoms with van der Waals surface area (Å²) < 4.78 is 12.9. The van der Waals surface area contributed by atoms with Gasteiger partial charge in [-0.05, 0) is 81.3 Å². The maximum absolute atomic E-state index is 12.9. The van der Waals surface area contributed by atoms with Gasteiger partial charge in [0.05, 0.1) is 50.0 Å². The van der Waals surface area contributed by atoms with E-state index in [9.17, 15) is 9.59 Å². The van der Waals surface area contributed by atoms with Gasteiger partial charge in [0, 0.05) is 61.9 Å². The summed E-state index contributed by atoms with van der Waals surface area (Å²) in [5.41, 5.74) is 4.18. The highest BCUT2D eigenvalue weighted by Crippen LogP contribution is 2.39. The lowest BCUT2D eigenvalue weighted by atomic mass is 10.1. The molecule has 4 aromatic rings. The molecule has 2 unspecified atom stereocenters. The Kier molecular flexibility index (Phi) is 8.87. The van der Waals surface area contributed by atoms with Gasteiger partial charge in [0.25, 0.3) is 0 Å². The van der Waals surface area contributed by atoms with Crippen LogP contribution in [0.3, 0.4) is 0 Å². The SMILES string of the molecule is COC(=O)N1CCC(n2ncc3c(N4C5CCC4COC5)nc(-c4ccc(NC(=O)Nc5ccc(N6CCN(C)CC6)cc5)cc4)nc32)CC1. The molecule has 6 heterocycles. The number of benzene rings is 2. The molecule has 0 saturated carbocycles. The average Bonchev–Trinajstić information content (AvgIpc) is 3.68. The number of aromatic nitrogens is 4. The Labute approximate surface area is 291 Å². The normalized spacial score (nSPS) is 21.4. The van der Waals surface area contributed by atoms with E-state index in [4.69, 9.17) is 24.5 Å². The predicted molar refractivity (Wildman–Crippen MR) is 192 cm³/mol. The van der Waals surface area contributed by atoms with Crippen LogP contribution in [0.15, 0.2) is 54.7 Å². The summed E-state index contributed by atoms with van der Waals surface area (Å²) in [5.74, 6) is 1.49. The van der Waals surface area contributed by atoms with Crippen LogP contribution in [0.1, 0.15) is 31.7 Å². The maximum Gasteiger partial charge on any atom is 0.409 e. The summed E-state index contributed by atoms with van der Waals surface area (Å²) in [6.45, 7) is 6.64. The molecule has 4 fully saturated rings. The fraction of sp³-hybridized carbons (Fsp3) is 0.472. The molecule has 0 radical (unpaired) electrons. The van der Waals surface area contributed by atoms with Crippen LogP contribution < -0.4 is 20.4 Å². The topological polar surface area (TPSA) is 133 Å². The summed E-state index contributed by atoms with van der Waals surface area (Å²) in [5, 5.41) is 11.7. The van der Waals surface area contributed by atoms with Gasteiger partial charge in [0.15, 0.2) is 11.5 Å². The second-order valence-electron chi connectivity index (χ2n) is 13.7. The molecule has 8 rings (SSSR count). The predicted octanol–water partition coefficient (Wildman–Crippen LogP) is 4.66. The standard InChI is InChI=1S/C36H44N10O4/c1-42-17-19-43(20-18-42)27-9-7-26(8-10-27)39-35(47)38-25-5-3-24(4-6-25)32-40-33(45-29-11-12-30(45)23-50-22-29)31-21-37-46(34(31)41-32)28-13-15-44(16-14-28)36(48)49-2/h3-10,21,28-30H,11-20,22-23H2,1-2H3,(H2,38,39,47). The molecule has 2 aromatic heterocycles. The Balaban J connectivity index is 1.01. The number of hydrogen-bond acceptors (Lipinski definition) is 10. The van der Waals surface area contributed by atoms with E-state index in [1.165, 1.54) is 7.11 Å². The van der Waals surface area contributed by atoms with Crippen LogP contribution in [0, 0.1) is 0 Å². The summed E-state index contributed by atoms with van der Waals surface area (Å²) >= 11 is 0. The van der Waals surface area contributed by atoms with Gasteiger partial charge in [-0.15, -0.1) is 0 Å². The van der Waals surface area contributed by atoms with Crippen molar-refractivity contribution in [3.8, 4) is 11.4 Å². The van der Waals surface area contributed by atoms with E-state index in [1.807, 2.05) is 47.3 Å². The third-order valence-corrected chi connectivity index (χ3v) is 10.6. The number of likely N-dealkylation sites (tertiary alicyclic amines) is 1. The van der Waals surface area contributed by atoms with Crippen molar-refractivity contribution >= 4 is 46.0 Å². The molecule has 4 saturated heterocycles. The van der Waals surface area contributed by atoms with Crippen molar-refractivity contribution in [2.24, 2.45) is 0 Å². The lowest BCUT2D eigenvalue weighted by Crippen LogP contribution is -2.46. The summed E-state index contributed by atoms with van der Waals surface area (Å²) in [6.07, 6.45) is 5.23. The number of piperazine rings is 1. The van der Waals surface area contributed by atoms with E-state index in [-0.39, 0.29) is 30.2 Å². The highest BCUT2D eigenvalue weighted by Gasteiger charge is 2.40. The molecule has 50 heavy (non-hydrogen) atoms. The molecule has 2 aromatic carbocycles. The molecule has 3 amide bonds. The molecule has 2 bridgehead atoms. The molecule has 4 aliphatic rings. The number of ether oxygens (including phenoxy) is 2. The minimum Gasteiger partial charge on any atom is -0.453 e. The minimum atomic E-state index is -0.310. The van der Waals surface area contributed by atoms with Gasteiger partial charge in [-0.25, -0.2) is 24.2 Å². The lowest BCUT2D eigenvalue weighted by molar-refractivity contribution is 0.0904. The number of methoxy groups -OCH3 is 1. The smallest absolute Gasteiger partial charge is 0.409 e. The Morgan fingerprint density at radius 3 is 2.08 bits per heavy atom. The first kappa shape index (κ1) is 32.3. The van der Waals surface area contributed by atoms with Crippen LogP contribution in [-0.4, -0.2) is 120 Å². The van der Waals surface area contributed by atoms with Crippen molar-refractivity contribution in [1.82, 2.24) is 29.5 Å². The number of fused-ring (bicyclic) bond motifs is 3. The number of morpholine rings is 1. The Morgan fingerprint density at radius 1 is 0.800 bits per heavy atom. The van der Waals surface area contributed by atoms with Crippen molar-refractivity contribution < 1.29 is 19.1 Å².